The number of nitrogens with zero attached hydrogens (tertiary/aromatic N) is 2. The molecule has 0 radical (unpaired) electrons. The molecule has 2 N–H and O–H groups in total. The molecule has 2 heterocycles. The van der Waals surface area contributed by atoms with Crippen molar-refractivity contribution in [1.29, 1.82) is 0 Å². The standard InChI is InChI=1S/C35H47ClN4O/c1-4-19-39(25(2)3)20-17-27-23-28-24-29(36)13-14-31(28)33(34-32(27)12-9-18-37-34)26-15-21-40(22-16-26)35(41)38-30-10-7-5-6-8-11-30/h4,9,12-14,18-19,23-24,26,30,33-34,37H,2,5-8,10-11,15-17,20-22H2,1,3H3,(H,38,41)/b19-4-. The Kier molecular flexibility index (Phi) is 9.97. The van der Waals surface area contributed by atoms with Gasteiger partial charge in [0.1, 0.15) is 0 Å². The normalized spacial score (nSPS) is 23.4. The van der Waals surface area contributed by atoms with Crippen LogP contribution in [-0.2, 0) is 0 Å². The lowest BCUT2D eigenvalue weighted by atomic mass is 9.72. The van der Waals surface area contributed by atoms with E-state index in [-0.39, 0.29) is 12.1 Å². The lowest BCUT2D eigenvalue weighted by Crippen LogP contribution is -2.49. The van der Waals surface area contributed by atoms with Crippen LogP contribution in [-0.4, -0.2) is 47.5 Å². The summed E-state index contributed by atoms with van der Waals surface area (Å²) in [5.74, 6) is 0.763. The number of rotatable bonds is 7. The highest BCUT2D eigenvalue weighted by Crippen LogP contribution is 2.45. The fourth-order valence-electron chi connectivity index (χ4n) is 7.24. The minimum Gasteiger partial charge on any atom is -0.383 e. The summed E-state index contributed by atoms with van der Waals surface area (Å²) in [5, 5.41) is 7.90. The van der Waals surface area contributed by atoms with Gasteiger partial charge in [0.25, 0.3) is 0 Å². The van der Waals surface area contributed by atoms with Crippen LogP contribution < -0.4 is 10.6 Å². The zero-order valence-corrected chi connectivity index (χ0v) is 25.6. The predicted octanol–water partition coefficient (Wildman–Crippen LogP) is 8.14. The average molecular weight is 575 g/mol. The van der Waals surface area contributed by atoms with Crippen LogP contribution in [0.1, 0.15) is 88.7 Å². The molecule has 0 aromatic heterocycles. The summed E-state index contributed by atoms with van der Waals surface area (Å²) >= 11 is 6.57. The molecule has 4 aliphatic rings. The van der Waals surface area contributed by atoms with Gasteiger partial charge in [-0.05, 0) is 105 Å². The zero-order valence-electron chi connectivity index (χ0n) is 24.9. The minimum absolute atomic E-state index is 0.134. The van der Waals surface area contributed by atoms with Crippen LogP contribution in [0.5, 0.6) is 0 Å². The molecule has 2 aliphatic carbocycles. The third-order valence-corrected chi connectivity index (χ3v) is 9.64. The van der Waals surface area contributed by atoms with E-state index >= 15 is 0 Å². The van der Waals surface area contributed by atoms with Gasteiger partial charge < -0.3 is 20.4 Å². The molecule has 0 spiro atoms. The number of allylic oxidation sites excluding steroid dienone is 4. The molecule has 2 amide bonds. The molecule has 0 bridgehead atoms. The van der Waals surface area contributed by atoms with Crippen molar-refractivity contribution in [3.8, 4) is 0 Å². The summed E-state index contributed by atoms with van der Waals surface area (Å²) in [6, 6.07) is 7.07. The Labute approximate surface area is 252 Å². The second-order valence-corrected chi connectivity index (χ2v) is 12.7. The summed E-state index contributed by atoms with van der Waals surface area (Å²) in [7, 11) is 0. The van der Waals surface area contributed by atoms with Crippen LogP contribution in [0.3, 0.4) is 0 Å². The second-order valence-electron chi connectivity index (χ2n) is 12.2. The molecule has 220 valence electrons. The first kappa shape index (κ1) is 29.6. The van der Waals surface area contributed by atoms with Crippen molar-refractivity contribution in [2.24, 2.45) is 5.92 Å². The first-order valence-electron chi connectivity index (χ1n) is 15.7. The van der Waals surface area contributed by atoms with Crippen LogP contribution in [0, 0.1) is 5.92 Å². The fraction of sp³-hybridized carbons (Fsp3) is 0.514. The maximum absolute atomic E-state index is 13.2. The highest BCUT2D eigenvalue weighted by atomic mass is 35.5. The Morgan fingerprint density at radius 2 is 1.93 bits per heavy atom. The third kappa shape index (κ3) is 7.12. The molecule has 2 atom stereocenters. The molecular weight excluding hydrogens is 528 g/mol. The van der Waals surface area contributed by atoms with E-state index in [0.29, 0.717) is 17.9 Å². The van der Waals surface area contributed by atoms with Gasteiger partial charge in [-0.3, -0.25) is 0 Å². The van der Waals surface area contributed by atoms with Gasteiger partial charge in [-0.25, -0.2) is 4.79 Å². The first-order chi connectivity index (χ1) is 19.9. The smallest absolute Gasteiger partial charge is 0.317 e. The third-order valence-electron chi connectivity index (χ3n) is 9.41. The van der Waals surface area contributed by atoms with Gasteiger partial charge in [-0.1, -0.05) is 68.2 Å². The topological polar surface area (TPSA) is 47.6 Å². The summed E-state index contributed by atoms with van der Waals surface area (Å²) in [4.78, 5) is 17.5. The van der Waals surface area contributed by atoms with E-state index in [1.54, 1.807) is 0 Å². The van der Waals surface area contributed by atoms with Crippen LogP contribution in [0.25, 0.3) is 6.08 Å². The molecule has 5 rings (SSSR count). The maximum Gasteiger partial charge on any atom is 0.317 e. The zero-order chi connectivity index (χ0) is 28.8. The summed E-state index contributed by atoms with van der Waals surface area (Å²) < 4.78 is 0. The number of hydrogen-bond donors (Lipinski definition) is 2. The number of urea groups is 1. The van der Waals surface area contributed by atoms with Crippen molar-refractivity contribution in [2.75, 3.05) is 19.6 Å². The number of fused-ring (bicyclic) bond motifs is 2. The van der Waals surface area contributed by atoms with Gasteiger partial charge in [-0.15, -0.1) is 0 Å². The summed E-state index contributed by atoms with van der Waals surface area (Å²) in [6.45, 7) is 10.8. The number of carbonyl (C=O) groups is 1. The number of hydrogen-bond acceptors (Lipinski definition) is 3. The van der Waals surface area contributed by atoms with E-state index in [2.05, 4.69) is 82.8 Å². The van der Waals surface area contributed by atoms with Crippen molar-refractivity contribution in [3.63, 3.8) is 0 Å². The lowest BCUT2D eigenvalue weighted by Gasteiger charge is -2.41. The van der Waals surface area contributed by atoms with E-state index in [1.165, 1.54) is 48.0 Å². The number of carbonyl (C=O) groups excluding carboxylic acids is 1. The molecule has 2 unspecified atom stereocenters. The molecule has 1 aromatic rings. The lowest BCUT2D eigenvalue weighted by molar-refractivity contribution is 0.155. The van der Waals surface area contributed by atoms with Gasteiger partial charge in [0.2, 0.25) is 0 Å². The number of likely N-dealkylation sites (tertiary alicyclic amines) is 1. The Hall–Kier alpha value is -2.92. The Morgan fingerprint density at radius 3 is 2.63 bits per heavy atom. The Balaban J connectivity index is 1.35. The highest BCUT2D eigenvalue weighted by Gasteiger charge is 2.39. The number of amides is 2. The number of dihydropyridines is 1. The van der Waals surface area contributed by atoms with Crippen LogP contribution in [0.4, 0.5) is 4.79 Å². The first-order valence-corrected chi connectivity index (χ1v) is 16.1. The average Bonchev–Trinajstić information content (AvgIpc) is 3.31. The van der Waals surface area contributed by atoms with Crippen molar-refractivity contribution >= 4 is 23.7 Å². The number of nitrogens with one attached hydrogen (secondary N) is 2. The highest BCUT2D eigenvalue weighted by molar-refractivity contribution is 6.30. The van der Waals surface area contributed by atoms with E-state index < -0.39 is 0 Å². The summed E-state index contributed by atoms with van der Waals surface area (Å²) in [6.07, 6.45) is 23.3. The molecule has 6 heteroatoms. The summed E-state index contributed by atoms with van der Waals surface area (Å²) in [5.41, 5.74) is 6.32. The van der Waals surface area contributed by atoms with E-state index in [9.17, 15) is 4.79 Å². The molecule has 2 aliphatic heterocycles. The van der Waals surface area contributed by atoms with Crippen molar-refractivity contribution < 1.29 is 4.79 Å². The van der Waals surface area contributed by atoms with Gasteiger partial charge in [-0.2, -0.15) is 0 Å². The number of benzene rings is 1. The van der Waals surface area contributed by atoms with E-state index in [0.717, 1.165) is 62.5 Å². The van der Waals surface area contributed by atoms with Gasteiger partial charge in [0.05, 0.1) is 6.04 Å². The van der Waals surface area contributed by atoms with E-state index in [1.807, 2.05) is 13.0 Å². The quantitative estimate of drug-likeness (QED) is 0.323. The van der Waals surface area contributed by atoms with Crippen molar-refractivity contribution in [1.82, 2.24) is 20.4 Å². The van der Waals surface area contributed by atoms with Crippen LogP contribution >= 0.6 is 11.6 Å². The molecule has 5 nitrogen and oxygen atoms in total. The van der Waals surface area contributed by atoms with E-state index in [4.69, 9.17) is 11.6 Å². The SMILES string of the molecule is C=C(C)N(/C=C\C)CCC1=Cc2cc(Cl)ccc2C(C2CCN(C(=O)NC3CCCCCC3)CC2)C2NC=CC=C12. The van der Waals surface area contributed by atoms with Crippen LogP contribution in [0.15, 0.2) is 72.2 Å². The largest absolute Gasteiger partial charge is 0.383 e. The monoisotopic (exact) mass is 574 g/mol. The molecule has 1 saturated heterocycles. The second kappa shape index (κ2) is 13.8. The number of halogens is 1. The Bertz CT molecular complexity index is 1210. The molecule has 1 saturated carbocycles. The van der Waals surface area contributed by atoms with Gasteiger partial charge >= 0.3 is 6.03 Å². The minimum atomic E-state index is 0.134. The molecule has 1 aromatic carbocycles. The Morgan fingerprint density at radius 1 is 1.17 bits per heavy atom. The molecular formula is C35H47ClN4O. The predicted molar refractivity (Wildman–Crippen MR) is 172 cm³/mol. The maximum atomic E-state index is 13.2. The van der Waals surface area contributed by atoms with Gasteiger partial charge in [0.15, 0.2) is 0 Å². The molecule has 2 fully saturated rings. The van der Waals surface area contributed by atoms with Crippen LogP contribution in [0.2, 0.25) is 5.02 Å². The van der Waals surface area contributed by atoms with Crippen molar-refractivity contribution in [2.45, 2.75) is 89.6 Å². The fourth-order valence-corrected chi connectivity index (χ4v) is 7.42. The number of piperidine rings is 1. The van der Waals surface area contributed by atoms with Gasteiger partial charge in [0, 0.05) is 42.3 Å². The van der Waals surface area contributed by atoms with Crippen molar-refractivity contribution in [3.05, 3.63) is 88.4 Å². The molecule has 41 heavy (non-hydrogen) atoms.